The Morgan fingerprint density at radius 1 is 0.615 bits per heavy atom. The molecule has 0 saturated carbocycles. The van der Waals surface area contributed by atoms with Crippen LogP contribution in [-0.2, 0) is 42.4 Å². The first-order valence-corrected chi connectivity index (χ1v) is 13.7. The molecule has 2 aromatic carbocycles. The van der Waals surface area contributed by atoms with Gasteiger partial charge in [-0.3, -0.25) is 0 Å². The molecule has 0 radical (unpaired) electrons. The molecule has 0 aromatic heterocycles. The van der Waals surface area contributed by atoms with E-state index in [-0.39, 0.29) is 22.4 Å². The van der Waals surface area contributed by atoms with Crippen LogP contribution in [0.3, 0.4) is 0 Å². The van der Waals surface area contributed by atoms with E-state index in [0.29, 0.717) is 0 Å². The zero-order chi connectivity index (χ0) is 29.4. The molecule has 0 spiro atoms. The molecule has 0 N–H and O–H groups in total. The minimum absolute atomic E-state index is 0. The summed E-state index contributed by atoms with van der Waals surface area (Å²) in [5, 5.41) is 0. The van der Waals surface area contributed by atoms with E-state index in [4.69, 9.17) is 0 Å². The van der Waals surface area contributed by atoms with Crippen LogP contribution in [-0.4, -0.2) is 34.5 Å². The van der Waals surface area contributed by atoms with Gasteiger partial charge in [-0.1, -0.05) is 35.4 Å². The van der Waals surface area contributed by atoms with Gasteiger partial charge in [0.25, 0.3) is 0 Å². The van der Waals surface area contributed by atoms with Gasteiger partial charge in [-0.2, -0.15) is 26.3 Å². The molecule has 0 bridgehead atoms. The Kier molecular flexibility index (Phi) is 11.0. The van der Waals surface area contributed by atoms with Crippen molar-refractivity contribution in [1.29, 1.82) is 0 Å². The summed E-state index contributed by atoms with van der Waals surface area (Å²) in [6.45, 7) is 14.0. The number of sulfonamides is 2. The quantitative estimate of drug-likeness (QED) is 0.266. The number of aryl methyl sites for hydroxylation is 6. The van der Waals surface area contributed by atoms with Crippen LogP contribution >= 0.6 is 0 Å². The van der Waals surface area contributed by atoms with Crippen molar-refractivity contribution < 1.29 is 65.6 Å². The van der Waals surface area contributed by atoms with Crippen LogP contribution in [0.25, 0.3) is 4.13 Å². The number of anilines is 2. The molecule has 0 atom stereocenters. The average Bonchev–Trinajstić information content (AvgIpc) is 3.13. The van der Waals surface area contributed by atoms with E-state index in [9.17, 15) is 43.2 Å². The molecule has 2 aromatic rings. The van der Waals surface area contributed by atoms with Crippen LogP contribution < -0.4 is 9.80 Å². The molecule has 16 heteroatoms. The normalized spacial score (nSPS) is 14.2. The van der Waals surface area contributed by atoms with Gasteiger partial charge in [0, 0.05) is 23.8 Å². The van der Waals surface area contributed by atoms with Crippen LogP contribution in [0.1, 0.15) is 33.4 Å². The SMILES string of the molecule is Cc1cc(C)c(N2C=CN(c3c(C)cc(C)cc3C)C2)c(C)c1.O=S(=O)([N-]S(=O)(=O)C(F)(F)F)C(F)(F)F.[Au+]. The topological polar surface area (TPSA) is 88.9 Å². The summed E-state index contributed by atoms with van der Waals surface area (Å²) >= 11 is 0. The zero-order valence-corrected chi connectivity index (χ0v) is 25.3. The summed E-state index contributed by atoms with van der Waals surface area (Å²) in [6.07, 6.45) is 4.40. The fourth-order valence-electron chi connectivity index (χ4n) is 4.17. The number of benzene rings is 2. The first-order chi connectivity index (χ1) is 17.1. The van der Waals surface area contributed by atoms with Crippen LogP contribution in [0.2, 0.25) is 0 Å². The number of hydrogen-bond acceptors (Lipinski definition) is 6. The molecule has 0 aliphatic carbocycles. The fraction of sp³-hybridized carbons (Fsp3) is 0.391. The Morgan fingerprint density at radius 3 is 1.10 bits per heavy atom. The van der Waals surface area contributed by atoms with Crippen LogP contribution in [0.4, 0.5) is 37.7 Å². The van der Waals surface area contributed by atoms with Crippen molar-refractivity contribution in [1.82, 2.24) is 0 Å². The Morgan fingerprint density at radius 2 is 0.872 bits per heavy atom. The second kappa shape index (κ2) is 12.2. The van der Waals surface area contributed by atoms with Gasteiger partial charge in [0.2, 0.25) is 0 Å². The van der Waals surface area contributed by atoms with Gasteiger partial charge in [-0.05, 0) is 63.8 Å². The first-order valence-electron chi connectivity index (χ1n) is 10.8. The van der Waals surface area contributed by atoms with Crippen molar-refractivity contribution in [3.63, 3.8) is 0 Å². The molecular formula is C23H26AuF6N3O4S2. The second-order valence-corrected chi connectivity index (χ2v) is 12.2. The predicted octanol–water partition coefficient (Wildman–Crippen LogP) is 6.35. The average molecular weight is 784 g/mol. The van der Waals surface area contributed by atoms with Gasteiger partial charge >= 0.3 is 33.4 Å². The maximum atomic E-state index is 11.4. The molecule has 39 heavy (non-hydrogen) atoms. The van der Waals surface area contributed by atoms with E-state index in [1.165, 1.54) is 44.8 Å². The Bertz CT molecular complexity index is 1300. The number of rotatable bonds is 4. The number of nitrogens with zero attached hydrogens (tertiary/aromatic N) is 3. The number of halogens is 6. The summed E-state index contributed by atoms with van der Waals surface area (Å²) in [7, 11) is -13.4. The maximum absolute atomic E-state index is 11.4. The molecular weight excluding hydrogens is 757 g/mol. The minimum atomic E-state index is -6.72. The van der Waals surface area contributed by atoms with E-state index in [1.54, 1.807) is 0 Å². The Hall–Kier alpha value is -2.04. The maximum Gasteiger partial charge on any atom is 1.00 e. The predicted molar refractivity (Wildman–Crippen MR) is 134 cm³/mol. The molecule has 0 fully saturated rings. The Balaban J connectivity index is 0.000000418. The fourth-order valence-corrected chi connectivity index (χ4v) is 5.88. The smallest absolute Gasteiger partial charge is 0.421 e. The third kappa shape index (κ3) is 8.24. The van der Waals surface area contributed by atoms with Crippen molar-refractivity contribution in [2.45, 2.75) is 52.6 Å². The molecule has 3 rings (SSSR count). The van der Waals surface area contributed by atoms with E-state index in [0.717, 1.165) is 10.8 Å². The standard InChI is InChI=1S/C21H26N2.C2F6NO4S2.Au/c1-14-9-16(3)20(17(4)10-14)22-7-8-23(13-22)21-18(5)11-15(2)12-19(21)6;3-1(4,5)14(10,11)9-15(12,13)2(6,7)8;/h7-12H,13H2,1-6H3;;/q;-1;+1. The molecule has 1 aliphatic heterocycles. The number of alkyl halides is 6. The first kappa shape index (κ1) is 35.0. The summed E-state index contributed by atoms with van der Waals surface area (Å²) in [6, 6.07) is 9.06. The van der Waals surface area contributed by atoms with Crippen LogP contribution in [0, 0.1) is 41.5 Å². The minimum Gasteiger partial charge on any atom is -0.421 e. The van der Waals surface area contributed by atoms with Gasteiger partial charge in [0.1, 0.15) is 0 Å². The van der Waals surface area contributed by atoms with Crippen LogP contribution in [0.15, 0.2) is 36.7 Å². The molecule has 1 aliphatic rings. The van der Waals surface area contributed by atoms with Crippen molar-refractivity contribution in [3.05, 3.63) is 74.2 Å². The van der Waals surface area contributed by atoms with Crippen molar-refractivity contribution in [3.8, 4) is 0 Å². The van der Waals surface area contributed by atoms with Crippen molar-refractivity contribution >= 4 is 31.4 Å². The molecule has 0 amide bonds. The largest absolute Gasteiger partial charge is 1.00 e. The van der Waals surface area contributed by atoms with E-state index in [2.05, 4.69) is 88.0 Å². The van der Waals surface area contributed by atoms with Gasteiger partial charge in [0.15, 0.2) is 20.0 Å². The van der Waals surface area contributed by atoms with Gasteiger partial charge in [-0.25, -0.2) is 16.8 Å². The molecule has 0 saturated heterocycles. The third-order valence-corrected chi connectivity index (χ3v) is 8.10. The zero-order valence-electron chi connectivity index (χ0n) is 21.5. The molecule has 1 heterocycles. The summed E-state index contributed by atoms with van der Waals surface area (Å²) in [4.78, 5) is 4.70. The van der Waals surface area contributed by atoms with Gasteiger partial charge < -0.3 is 13.9 Å². The van der Waals surface area contributed by atoms with Crippen molar-refractivity contribution in [2.24, 2.45) is 0 Å². The Labute approximate surface area is 239 Å². The molecule has 222 valence electrons. The third-order valence-electron chi connectivity index (χ3n) is 5.36. The summed E-state index contributed by atoms with van der Waals surface area (Å²) in [5.41, 5.74) is -1.73. The molecule has 0 unspecified atom stereocenters. The molecule has 7 nitrogen and oxygen atoms in total. The monoisotopic (exact) mass is 783 g/mol. The number of hydrogen-bond donors (Lipinski definition) is 0. The van der Waals surface area contributed by atoms with E-state index >= 15 is 0 Å². The van der Waals surface area contributed by atoms with E-state index < -0.39 is 31.1 Å². The van der Waals surface area contributed by atoms with Crippen molar-refractivity contribution in [2.75, 3.05) is 16.5 Å². The summed E-state index contributed by atoms with van der Waals surface area (Å²) in [5.74, 6) is 0. The van der Waals surface area contributed by atoms with Gasteiger partial charge in [0.05, 0.1) is 6.67 Å². The van der Waals surface area contributed by atoms with E-state index in [1.807, 2.05) is 0 Å². The van der Waals surface area contributed by atoms with Crippen LogP contribution in [0.5, 0.6) is 0 Å². The van der Waals surface area contributed by atoms with Gasteiger partial charge in [-0.15, -0.1) is 0 Å². The second-order valence-electron chi connectivity index (χ2n) is 8.79. The summed E-state index contributed by atoms with van der Waals surface area (Å²) < 4.78 is 109.